The lowest BCUT2D eigenvalue weighted by Gasteiger charge is -2.26. The van der Waals surface area contributed by atoms with Crippen molar-refractivity contribution in [3.8, 4) is 11.5 Å². The second-order valence-corrected chi connectivity index (χ2v) is 10.6. The van der Waals surface area contributed by atoms with Gasteiger partial charge in [0.15, 0.2) is 11.5 Å². The van der Waals surface area contributed by atoms with E-state index >= 15 is 0 Å². The number of nitrogens with one attached hydrogen (secondary N) is 1. The third kappa shape index (κ3) is 7.80. The Morgan fingerprint density at radius 1 is 1.02 bits per heavy atom. The van der Waals surface area contributed by atoms with Crippen LogP contribution in [-0.4, -0.2) is 67.1 Å². The monoisotopic (exact) mass is 609 g/mol. The van der Waals surface area contributed by atoms with E-state index in [1.807, 2.05) is 49.4 Å². The van der Waals surface area contributed by atoms with Crippen LogP contribution in [0.25, 0.3) is 10.9 Å². The third-order valence-corrected chi connectivity index (χ3v) is 7.49. The molecule has 2 heterocycles. The minimum atomic E-state index is 0.248. The molecule has 0 unspecified atom stereocenters. The maximum Gasteiger partial charge on any atom is 0.162 e. The second-order valence-electron chi connectivity index (χ2n) is 9.79. The van der Waals surface area contributed by atoms with Gasteiger partial charge in [0, 0.05) is 52.4 Å². The van der Waals surface area contributed by atoms with E-state index in [4.69, 9.17) is 42.3 Å². The number of hydrogen-bond acceptors (Lipinski definition) is 9. The zero-order valence-corrected chi connectivity index (χ0v) is 25.1. The van der Waals surface area contributed by atoms with Crippen LogP contribution in [-0.2, 0) is 16.2 Å². The fourth-order valence-electron chi connectivity index (χ4n) is 4.55. The third-order valence-electron chi connectivity index (χ3n) is 6.90. The molecule has 4 aromatic rings. The number of hydrogen-bond donors (Lipinski definition) is 1. The van der Waals surface area contributed by atoms with Crippen molar-refractivity contribution in [1.82, 2.24) is 14.9 Å². The molecule has 5 rings (SSSR count). The first-order chi connectivity index (χ1) is 20.5. The van der Waals surface area contributed by atoms with Gasteiger partial charge in [-0.25, -0.2) is 9.97 Å². The molecule has 0 aliphatic carbocycles. The number of rotatable bonds is 12. The molecule has 0 amide bonds. The van der Waals surface area contributed by atoms with E-state index in [1.165, 1.54) is 6.33 Å². The highest BCUT2D eigenvalue weighted by atomic mass is 35.5. The number of aromatic nitrogens is 2. The van der Waals surface area contributed by atoms with Crippen LogP contribution in [0, 0.1) is 0 Å². The smallest absolute Gasteiger partial charge is 0.162 e. The molecule has 11 heteroatoms. The summed E-state index contributed by atoms with van der Waals surface area (Å²) in [5, 5.41) is 9.60. The molecule has 0 bridgehead atoms. The standard InChI is InChI=1S/C31H33Cl2N5O4/c1-21(37-42-19-23-4-7-24(32)16-27(23)33)22-5-8-25(9-6-22)36-31-26-17-30(29(39-2)18-28(26)34-20-35-31)41-13-3-10-38-11-14-40-15-12-38/h4-9,16-18,20H,3,10-15,19H2,1-2H3,(H,34,35,36). The zero-order valence-electron chi connectivity index (χ0n) is 23.6. The van der Waals surface area contributed by atoms with Gasteiger partial charge < -0.3 is 24.4 Å². The highest BCUT2D eigenvalue weighted by molar-refractivity contribution is 6.35. The predicted octanol–water partition coefficient (Wildman–Crippen LogP) is 6.73. The molecular weight excluding hydrogens is 577 g/mol. The maximum atomic E-state index is 6.21. The molecule has 1 N–H and O–H groups in total. The number of anilines is 2. The van der Waals surface area contributed by atoms with Crippen molar-refractivity contribution in [2.24, 2.45) is 5.16 Å². The Labute approximate surface area is 255 Å². The van der Waals surface area contributed by atoms with E-state index in [2.05, 4.69) is 25.3 Å². The lowest BCUT2D eigenvalue weighted by molar-refractivity contribution is 0.0357. The topological polar surface area (TPSA) is 90.3 Å². The van der Waals surface area contributed by atoms with E-state index < -0.39 is 0 Å². The SMILES string of the molecule is COc1cc2ncnc(Nc3ccc(C(C)=NOCc4ccc(Cl)cc4Cl)cc3)c2cc1OCCCN1CCOCC1. The normalized spacial score (nSPS) is 14.1. The molecule has 0 radical (unpaired) electrons. The first-order valence-corrected chi connectivity index (χ1v) is 14.5. The molecule has 3 aromatic carbocycles. The predicted molar refractivity (Wildman–Crippen MR) is 167 cm³/mol. The van der Waals surface area contributed by atoms with Gasteiger partial charge >= 0.3 is 0 Å². The van der Waals surface area contributed by atoms with Gasteiger partial charge in [0.25, 0.3) is 0 Å². The van der Waals surface area contributed by atoms with Crippen molar-refractivity contribution in [1.29, 1.82) is 0 Å². The molecule has 9 nitrogen and oxygen atoms in total. The van der Waals surface area contributed by atoms with Gasteiger partial charge in [0.2, 0.25) is 0 Å². The average molecular weight is 611 g/mol. The van der Waals surface area contributed by atoms with Crippen molar-refractivity contribution in [2.45, 2.75) is 20.0 Å². The summed E-state index contributed by atoms with van der Waals surface area (Å²) in [6.45, 7) is 7.20. The van der Waals surface area contributed by atoms with Crippen molar-refractivity contribution in [3.05, 3.63) is 82.1 Å². The highest BCUT2D eigenvalue weighted by Crippen LogP contribution is 2.35. The van der Waals surface area contributed by atoms with Crippen LogP contribution in [0.2, 0.25) is 10.0 Å². The van der Waals surface area contributed by atoms with Gasteiger partial charge in [0.05, 0.1) is 38.2 Å². The molecule has 220 valence electrons. The molecule has 1 fully saturated rings. The van der Waals surface area contributed by atoms with E-state index in [0.29, 0.717) is 34.0 Å². The molecule has 0 atom stereocenters. The summed E-state index contributed by atoms with van der Waals surface area (Å²) in [4.78, 5) is 16.9. The number of morpholine rings is 1. The van der Waals surface area contributed by atoms with Crippen molar-refractivity contribution in [2.75, 3.05) is 51.9 Å². The van der Waals surface area contributed by atoms with Crippen LogP contribution in [0.5, 0.6) is 11.5 Å². The fourth-order valence-corrected chi connectivity index (χ4v) is 5.02. The van der Waals surface area contributed by atoms with Crippen LogP contribution >= 0.6 is 23.2 Å². The first-order valence-electron chi connectivity index (χ1n) is 13.7. The summed E-state index contributed by atoms with van der Waals surface area (Å²) in [7, 11) is 1.63. The van der Waals surface area contributed by atoms with Gasteiger partial charge in [-0.2, -0.15) is 0 Å². The van der Waals surface area contributed by atoms with Crippen molar-refractivity contribution < 1.29 is 19.0 Å². The summed E-state index contributed by atoms with van der Waals surface area (Å²) in [5.74, 6) is 1.97. The first kappa shape index (κ1) is 29.8. The molecule has 0 spiro atoms. The van der Waals surface area contributed by atoms with Gasteiger partial charge in [0.1, 0.15) is 18.8 Å². The Morgan fingerprint density at radius 3 is 2.60 bits per heavy atom. The Kier molecular flexibility index (Phi) is 10.3. The molecular formula is C31H33Cl2N5O4. The lowest BCUT2D eigenvalue weighted by atomic mass is 10.1. The molecule has 1 aliphatic heterocycles. The Morgan fingerprint density at radius 2 is 1.83 bits per heavy atom. The second kappa shape index (κ2) is 14.5. The van der Waals surface area contributed by atoms with Gasteiger partial charge in [-0.3, -0.25) is 4.90 Å². The summed E-state index contributed by atoms with van der Waals surface area (Å²) in [6, 6.07) is 16.9. The largest absolute Gasteiger partial charge is 0.493 e. The Bertz CT molecular complexity index is 1530. The van der Waals surface area contributed by atoms with Crippen LogP contribution in [0.15, 0.2) is 66.1 Å². The van der Waals surface area contributed by atoms with Gasteiger partial charge in [-0.15, -0.1) is 0 Å². The maximum absolute atomic E-state index is 6.21. The summed E-state index contributed by atoms with van der Waals surface area (Å²) in [5.41, 5.74) is 4.09. The van der Waals surface area contributed by atoms with E-state index in [9.17, 15) is 0 Å². The van der Waals surface area contributed by atoms with E-state index in [-0.39, 0.29) is 6.61 Å². The van der Waals surface area contributed by atoms with E-state index in [1.54, 1.807) is 19.2 Å². The molecule has 42 heavy (non-hydrogen) atoms. The number of oxime groups is 1. The highest BCUT2D eigenvalue weighted by Gasteiger charge is 2.14. The van der Waals surface area contributed by atoms with Crippen LogP contribution in [0.4, 0.5) is 11.5 Å². The van der Waals surface area contributed by atoms with Crippen LogP contribution in [0.1, 0.15) is 24.5 Å². The number of benzene rings is 3. The van der Waals surface area contributed by atoms with Crippen LogP contribution < -0.4 is 14.8 Å². The number of nitrogens with zero attached hydrogens (tertiary/aromatic N) is 4. The molecule has 1 aliphatic rings. The lowest BCUT2D eigenvalue weighted by Crippen LogP contribution is -2.37. The molecule has 0 saturated carbocycles. The molecule has 1 aromatic heterocycles. The van der Waals surface area contributed by atoms with Crippen molar-refractivity contribution >= 4 is 51.3 Å². The summed E-state index contributed by atoms with van der Waals surface area (Å²) < 4.78 is 17.2. The summed E-state index contributed by atoms with van der Waals surface area (Å²) >= 11 is 12.2. The van der Waals surface area contributed by atoms with E-state index in [0.717, 1.165) is 72.7 Å². The van der Waals surface area contributed by atoms with Crippen LogP contribution in [0.3, 0.4) is 0 Å². The quantitative estimate of drug-likeness (QED) is 0.107. The van der Waals surface area contributed by atoms with Gasteiger partial charge in [-0.1, -0.05) is 46.6 Å². The Balaban J connectivity index is 1.23. The average Bonchev–Trinajstić information content (AvgIpc) is 3.01. The number of fused-ring (bicyclic) bond motifs is 1. The number of ether oxygens (including phenoxy) is 3. The number of halogens is 2. The van der Waals surface area contributed by atoms with Crippen molar-refractivity contribution in [3.63, 3.8) is 0 Å². The Hall–Kier alpha value is -3.63. The molecule has 1 saturated heterocycles. The minimum Gasteiger partial charge on any atom is -0.493 e. The summed E-state index contributed by atoms with van der Waals surface area (Å²) in [6.07, 6.45) is 2.44. The van der Waals surface area contributed by atoms with Gasteiger partial charge in [-0.05, 0) is 49.2 Å². The zero-order chi connectivity index (χ0) is 29.3. The number of methoxy groups -OCH3 is 1. The minimum absolute atomic E-state index is 0.248. The fraction of sp³-hybridized carbons (Fsp3) is 0.323.